The lowest BCUT2D eigenvalue weighted by molar-refractivity contribution is -0.123. The summed E-state index contributed by atoms with van der Waals surface area (Å²) in [6.45, 7) is 16.1. The summed E-state index contributed by atoms with van der Waals surface area (Å²) >= 11 is 0. The second-order valence-corrected chi connectivity index (χ2v) is 12.4. The predicted octanol–water partition coefficient (Wildman–Crippen LogP) is 1.89. The molecule has 0 bridgehead atoms. The summed E-state index contributed by atoms with van der Waals surface area (Å²) in [4.78, 5) is 54.3. The Morgan fingerprint density at radius 2 is 1.07 bits per heavy atom. The number of carbonyl (C=O) groups excluding carboxylic acids is 4. The number of nitrogens with zero attached hydrogens (tertiary/aromatic N) is 2. The second kappa shape index (κ2) is 18.3. The highest BCUT2D eigenvalue weighted by Gasteiger charge is 2.25. The molecule has 2 aliphatic rings. The lowest BCUT2D eigenvalue weighted by Gasteiger charge is -2.36. The molecule has 2 rings (SSSR count). The first-order chi connectivity index (χ1) is 19.0. The minimum Gasteiger partial charge on any atom is -0.355 e. The first-order valence-electron chi connectivity index (χ1n) is 15.6. The zero-order valence-corrected chi connectivity index (χ0v) is 25.7. The van der Waals surface area contributed by atoms with E-state index in [9.17, 15) is 19.2 Å². The van der Waals surface area contributed by atoms with Gasteiger partial charge in [-0.2, -0.15) is 0 Å². The van der Waals surface area contributed by atoms with Gasteiger partial charge >= 0.3 is 0 Å². The van der Waals surface area contributed by atoms with Gasteiger partial charge in [0.25, 0.3) is 0 Å². The molecule has 2 aliphatic heterocycles. The highest BCUT2D eigenvalue weighted by Crippen LogP contribution is 2.15. The molecule has 4 N–H and O–H groups in total. The highest BCUT2D eigenvalue weighted by molar-refractivity contribution is 5.77. The molecule has 0 aliphatic carbocycles. The zero-order valence-electron chi connectivity index (χ0n) is 25.7. The fourth-order valence-electron chi connectivity index (χ4n) is 5.53. The van der Waals surface area contributed by atoms with Gasteiger partial charge in [-0.15, -0.1) is 0 Å². The fraction of sp³-hybridized carbons (Fsp3) is 0.867. The van der Waals surface area contributed by atoms with Gasteiger partial charge in [0.1, 0.15) is 0 Å². The molecule has 2 heterocycles. The van der Waals surface area contributed by atoms with Crippen LogP contribution in [-0.4, -0.2) is 97.9 Å². The maximum Gasteiger partial charge on any atom is 0.220 e. The van der Waals surface area contributed by atoms with Crippen LogP contribution < -0.4 is 21.3 Å². The van der Waals surface area contributed by atoms with Crippen LogP contribution in [-0.2, 0) is 19.2 Å². The molecule has 10 heteroatoms. The number of rotatable bonds is 4. The Hall–Kier alpha value is -2.20. The minimum atomic E-state index is -0.0172. The van der Waals surface area contributed by atoms with Crippen LogP contribution in [0.3, 0.4) is 0 Å². The summed E-state index contributed by atoms with van der Waals surface area (Å²) < 4.78 is 0. The number of nitrogens with one attached hydrogen (secondary N) is 4. The molecule has 2 saturated heterocycles. The van der Waals surface area contributed by atoms with Gasteiger partial charge in [-0.25, -0.2) is 0 Å². The van der Waals surface area contributed by atoms with Crippen LogP contribution in [0.25, 0.3) is 0 Å². The molecule has 2 fully saturated rings. The molecule has 0 saturated carbocycles. The van der Waals surface area contributed by atoms with Gasteiger partial charge in [0, 0.05) is 90.1 Å². The van der Waals surface area contributed by atoms with Gasteiger partial charge in [-0.3, -0.25) is 29.0 Å². The molecule has 10 nitrogen and oxygen atoms in total. The standard InChI is InChI=1S/C30H56N6O4/c1-22-6-10-27(37)31-14-17-35(18-15-32-28(38)11-7-22)20-24(3)21-36-19-16-33-29(39)12-8-23(2)9-13-30(40)34-25(4)26(36)5/h22-26H,6-21H2,1-5H3,(H,31,37)(H,32,38)(H,33,39)(H,34,40). The Morgan fingerprint density at radius 3 is 1.55 bits per heavy atom. The van der Waals surface area contributed by atoms with Crippen molar-refractivity contribution in [2.75, 3.05) is 52.4 Å². The first-order valence-corrected chi connectivity index (χ1v) is 15.6. The van der Waals surface area contributed by atoms with Crippen molar-refractivity contribution in [3.05, 3.63) is 0 Å². The van der Waals surface area contributed by atoms with Crippen molar-refractivity contribution in [3.63, 3.8) is 0 Å². The van der Waals surface area contributed by atoms with Crippen LogP contribution in [0.4, 0.5) is 0 Å². The van der Waals surface area contributed by atoms with Crippen LogP contribution in [0, 0.1) is 17.8 Å². The third kappa shape index (κ3) is 13.9. The Kier molecular flexibility index (Phi) is 15.5. The van der Waals surface area contributed by atoms with Gasteiger partial charge in [-0.05, 0) is 57.3 Å². The van der Waals surface area contributed by atoms with Crippen molar-refractivity contribution >= 4 is 23.6 Å². The molecule has 0 aromatic rings. The van der Waals surface area contributed by atoms with E-state index in [2.05, 4.69) is 65.7 Å². The number of carbonyl (C=O) groups is 4. The van der Waals surface area contributed by atoms with Crippen molar-refractivity contribution in [1.29, 1.82) is 0 Å². The van der Waals surface area contributed by atoms with Crippen molar-refractivity contribution in [3.8, 4) is 0 Å². The molecule has 230 valence electrons. The van der Waals surface area contributed by atoms with Gasteiger partial charge in [0.05, 0.1) is 0 Å². The van der Waals surface area contributed by atoms with E-state index in [1.807, 2.05) is 0 Å². The maximum absolute atomic E-state index is 12.6. The summed E-state index contributed by atoms with van der Waals surface area (Å²) in [5.74, 6) is 1.30. The van der Waals surface area contributed by atoms with E-state index >= 15 is 0 Å². The van der Waals surface area contributed by atoms with Crippen molar-refractivity contribution < 1.29 is 19.2 Å². The third-order valence-corrected chi connectivity index (χ3v) is 8.48. The number of amides is 4. The normalized spacial score (nSPS) is 28.3. The Morgan fingerprint density at radius 1 is 0.650 bits per heavy atom. The van der Waals surface area contributed by atoms with Crippen molar-refractivity contribution in [2.45, 2.75) is 98.1 Å². The van der Waals surface area contributed by atoms with Gasteiger partial charge in [0.15, 0.2) is 0 Å². The summed E-state index contributed by atoms with van der Waals surface area (Å²) in [7, 11) is 0. The van der Waals surface area contributed by atoms with Crippen LogP contribution in [0.2, 0.25) is 0 Å². The Labute approximate surface area is 242 Å². The van der Waals surface area contributed by atoms with Gasteiger partial charge < -0.3 is 21.3 Å². The molecule has 0 aromatic carbocycles. The van der Waals surface area contributed by atoms with Gasteiger partial charge in [-0.1, -0.05) is 20.8 Å². The Bertz CT molecular complexity index is 783. The molecule has 0 spiro atoms. The highest BCUT2D eigenvalue weighted by atomic mass is 16.2. The maximum atomic E-state index is 12.6. The summed E-state index contributed by atoms with van der Waals surface area (Å²) in [6, 6.07) is 0.0834. The van der Waals surface area contributed by atoms with E-state index in [1.165, 1.54) is 0 Å². The molecular formula is C30H56N6O4. The largest absolute Gasteiger partial charge is 0.355 e. The molecule has 4 atom stereocenters. The minimum absolute atomic E-state index is 0.0172. The molecule has 4 unspecified atom stereocenters. The number of hydrogen-bond acceptors (Lipinski definition) is 6. The lowest BCUT2D eigenvalue weighted by Crippen LogP contribution is -2.52. The third-order valence-electron chi connectivity index (χ3n) is 8.48. The second-order valence-electron chi connectivity index (χ2n) is 12.4. The monoisotopic (exact) mass is 564 g/mol. The molecule has 0 aromatic heterocycles. The van der Waals surface area contributed by atoms with Crippen molar-refractivity contribution in [1.82, 2.24) is 31.1 Å². The summed E-state index contributed by atoms with van der Waals surface area (Å²) in [5.41, 5.74) is 0. The molecule has 4 amide bonds. The van der Waals surface area contributed by atoms with Crippen LogP contribution >= 0.6 is 0 Å². The van der Waals surface area contributed by atoms with Crippen LogP contribution in [0.1, 0.15) is 86.0 Å². The van der Waals surface area contributed by atoms with Gasteiger partial charge in [0.2, 0.25) is 23.6 Å². The van der Waals surface area contributed by atoms with E-state index in [0.717, 1.165) is 51.9 Å². The van der Waals surface area contributed by atoms with Crippen LogP contribution in [0.5, 0.6) is 0 Å². The quantitative estimate of drug-likeness (QED) is 0.414. The molecule has 40 heavy (non-hydrogen) atoms. The smallest absolute Gasteiger partial charge is 0.220 e. The van der Waals surface area contributed by atoms with Crippen LogP contribution in [0.15, 0.2) is 0 Å². The van der Waals surface area contributed by atoms with E-state index < -0.39 is 0 Å². The Balaban J connectivity index is 2.00. The van der Waals surface area contributed by atoms with E-state index in [0.29, 0.717) is 69.6 Å². The lowest BCUT2D eigenvalue weighted by atomic mass is 9.99. The average molecular weight is 565 g/mol. The average Bonchev–Trinajstić information content (AvgIpc) is 2.90. The fourth-order valence-corrected chi connectivity index (χ4v) is 5.53. The van der Waals surface area contributed by atoms with Crippen molar-refractivity contribution in [2.24, 2.45) is 17.8 Å². The molecular weight excluding hydrogens is 508 g/mol. The van der Waals surface area contributed by atoms with E-state index in [-0.39, 0.29) is 35.7 Å². The summed E-state index contributed by atoms with van der Waals surface area (Å²) in [5, 5.41) is 12.4. The predicted molar refractivity (Wildman–Crippen MR) is 159 cm³/mol. The number of hydrogen-bond donors (Lipinski definition) is 4. The zero-order chi connectivity index (χ0) is 29.5. The summed E-state index contributed by atoms with van der Waals surface area (Å²) in [6.07, 6.45) is 5.15. The SMILES string of the molecule is CC1CCC(=O)NCCN(CC(C)CN2CCNC(=O)CCC(C)CCC(=O)NC(C)C2C)CCNC(=O)CC1. The van der Waals surface area contributed by atoms with E-state index in [1.54, 1.807) is 0 Å². The first kappa shape index (κ1) is 34.0. The molecule has 0 radical (unpaired) electrons. The topological polar surface area (TPSA) is 123 Å². The van der Waals surface area contributed by atoms with E-state index in [4.69, 9.17) is 0 Å².